The third kappa shape index (κ3) is 5.99. The summed E-state index contributed by atoms with van der Waals surface area (Å²) in [5, 5.41) is 13.8. The number of sulfone groups is 1. The van der Waals surface area contributed by atoms with Gasteiger partial charge in [-0.2, -0.15) is 0 Å². The number of rotatable bonds is 9. The van der Waals surface area contributed by atoms with E-state index in [1.165, 1.54) is 0 Å². The van der Waals surface area contributed by atoms with Gasteiger partial charge in [-0.15, -0.1) is 0 Å². The van der Waals surface area contributed by atoms with Gasteiger partial charge in [-0.05, 0) is 38.7 Å². The summed E-state index contributed by atoms with van der Waals surface area (Å²) in [4.78, 5) is 17.6. The van der Waals surface area contributed by atoms with Crippen molar-refractivity contribution in [2.24, 2.45) is 11.1 Å². The summed E-state index contributed by atoms with van der Waals surface area (Å²) in [5.41, 5.74) is 0.657. The zero-order valence-corrected chi connectivity index (χ0v) is 16.3. The van der Waals surface area contributed by atoms with E-state index in [9.17, 15) is 18.3 Å². The summed E-state index contributed by atoms with van der Waals surface area (Å²) in [7, 11) is -3.14. The van der Waals surface area contributed by atoms with Gasteiger partial charge in [0.25, 0.3) is 0 Å². The average Bonchev–Trinajstić information content (AvgIpc) is 2.56. The van der Waals surface area contributed by atoms with Crippen molar-refractivity contribution in [3.8, 4) is 0 Å². The van der Waals surface area contributed by atoms with Crippen LogP contribution < -0.4 is 0 Å². The van der Waals surface area contributed by atoms with Crippen LogP contribution in [0.2, 0.25) is 0 Å². The van der Waals surface area contributed by atoms with Crippen LogP contribution in [0.25, 0.3) is 0 Å². The molecular formula is C18H29NO5S. The van der Waals surface area contributed by atoms with E-state index in [0.29, 0.717) is 31.6 Å². The maximum atomic E-state index is 12.5. The van der Waals surface area contributed by atoms with Crippen molar-refractivity contribution >= 4 is 21.3 Å². The monoisotopic (exact) mass is 371 g/mol. The van der Waals surface area contributed by atoms with Gasteiger partial charge in [0.15, 0.2) is 15.6 Å². The molecule has 0 saturated carbocycles. The Morgan fingerprint density at radius 3 is 2.60 bits per heavy atom. The second kappa shape index (κ2) is 9.75. The minimum absolute atomic E-state index is 0.0161. The summed E-state index contributed by atoms with van der Waals surface area (Å²) < 4.78 is 23.9. The molecule has 7 heteroatoms. The van der Waals surface area contributed by atoms with Crippen LogP contribution in [-0.2, 0) is 19.5 Å². The lowest BCUT2D eigenvalue weighted by molar-refractivity contribution is -0.116. The van der Waals surface area contributed by atoms with Gasteiger partial charge < -0.3 is 9.94 Å². The topological polar surface area (TPSA) is 93.0 Å². The lowest BCUT2D eigenvalue weighted by Gasteiger charge is -2.25. The lowest BCUT2D eigenvalue weighted by Crippen LogP contribution is -2.29. The Bertz CT molecular complexity index is 661. The van der Waals surface area contributed by atoms with Crippen LogP contribution in [0.1, 0.15) is 53.4 Å². The van der Waals surface area contributed by atoms with Crippen LogP contribution in [0.3, 0.4) is 0 Å². The Hall–Kier alpha value is -1.63. The number of carbonyl (C=O) groups is 1. The van der Waals surface area contributed by atoms with Crippen LogP contribution in [0.4, 0.5) is 0 Å². The molecule has 0 aromatic rings. The van der Waals surface area contributed by atoms with E-state index in [1.54, 1.807) is 19.9 Å². The number of nitrogens with zero attached hydrogens (tertiary/aromatic N) is 1. The minimum Gasteiger partial charge on any atom is -0.511 e. The van der Waals surface area contributed by atoms with Crippen molar-refractivity contribution in [3.63, 3.8) is 0 Å². The third-order valence-electron chi connectivity index (χ3n) is 4.41. The van der Waals surface area contributed by atoms with Crippen molar-refractivity contribution < 1.29 is 23.2 Å². The van der Waals surface area contributed by atoms with Gasteiger partial charge in [0.05, 0.1) is 16.5 Å². The fourth-order valence-corrected chi connectivity index (χ4v) is 4.04. The Morgan fingerprint density at radius 1 is 1.40 bits per heavy atom. The van der Waals surface area contributed by atoms with Crippen LogP contribution >= 0.6 is 0 Å². The SMILES string of the molecule is C/C=C/CO/N=C(\CC)C1=C(O)CC(CC(C)S(=O)(=O)CC)CC1=O. The predicted molar refractivity (Wildman–Crippen MR) is 99.4 cm³/mol. The first kappa shape index (κ1) is 21.4. The number of oxime groups is 1. The van der Waals surface area contributed by atoms with E-state index in [2.05, 4.69) is 5.16 Å². The molecule has 0 aromatic carbocycles. The van der Waals surface area contributed by atoms with Gasteiger partial charge in [0, 0.05) is 18.6 Å². The number of hydrogen-bond donors (Lipinski definition) is 1. The molecule has 1 N–H and O–H groups in total. The summed E-state index contributed by atoms with van der Waals surface area (Å²) in [6.07, 6.45) is 4.97. The van der Waals surface area contributed by atoms with E-state index in [4.69, 9.17) is 4.84 Å². The summed E-state index contributed by atoms with van der Waals surface area (Å²) in [5.74, 6) is -0.310. The van der Waals surface area contributed by atoms with Gasteiger partial charge in [-0.3, -0.25) is 4.79 Å². The molecule has 0 aromatic heterocycles. The van der Waals surface area contributed by atoms with Crippen molar-refractivity contribution in [2.45, 2.75) is 58.6 Å². The van der Waals surface area contributed by atoms with Gasteiger partial charge in [-0.1, -0.05) is 25.1 Å². The van der Waals surface area contributed by atoms with Gasteiger partial charge in [-0.25, -0.2) is 8.42 Å². The van der Waals surface area contributed by atoms with Gasteiger partial charge in [0.2, 0.25) is 0 Å². The number of Topliss-reactive ketones (excluding diaryl/α,β-unsaturated/α-hetero) is 1. The van der Waals surface area contributed by atoms with E-state index in [0.717, 1.165) is 0 Å². The maximum absolute atomic E-state index is 12.5. The van der Waals surface area contributed by atoms with Crippen LogP contribution in [0.15, 0.2) is 28.6 Å². The molecular weight excluding hydrogens is 342 g/mol. The van der Waals surface area contributed by atoms with E-state index in [1.807, 2.05) is 19.9 Å². The van der Waals surface area contributed by atoms with Crippen molar-refractivity contribution in [3.05, 3.63) is 23.5 Å². The molecule has 1 aliphatic rings. The molecule has 0 heterocycles. The smallest absolute Gasteiger partial charge is 0.168 e. The van der Waals surface area contributed by atoms with Crippen molar-refractivity contribution in [2.75, 3.05) is 12.4 Å². The first-order valence-corrected chi connectivity index (χ1v) is 10.4. The molecule has 25 heavy (non-hydrogen) atoms. The Kier molecular flexibility index (Phi) is 8.35. The second-order valence-corrected chi connectivity index (χ2v) is 8.98. The van der Waals surface area contributed by atoms with Crippen LogP contribution in [0.5, 0.6) is 0 Å². The molecule has 6 nitrogen and oxygen atoms in total. The molecule has 0 bridgehead atoms. The predicted octanol–water partition coefficient (Wildman–Crippen LogP) is 3.35. The normalized spacial score (nSPS) is 21.0. The highest BCUT2D eigenvalue weighted by Gasteiger charge is 2.33. The highest BCUT2D eigenvalue weighted by Crippen LogP contribution is 2.31. The van der Waals surface area contributed by atoms with Crippen molar-refractivity contribution in [1.29, 1.82) is 0 Å². The Labute approximate surface area is 150 Å². The number of aliphatic hydroxyl groups is 1. The van der Waals surface area contributed by atoms with E-state index >= 15 is 0 Å². The van der Waals surface area contributed by atoms with Crippen molar-refractivity contribution in [1.82, 2.24) is 0 Å². The fraction of sp³-hybridized carbons (Fsp3) is 0.667. The highest BCUT2D eigenvalue weighted by molar-refractivity contribution is 7.91. The number of ketones is 1. The second-order valence-electron chi connectivity index (χ2n) is 6.27. The lowest BCUT2D eigenvalue weighted by atomic mass is 9.82. The molecule has 0 radical (unpaired) electrons. The number of carbonyl (C=O) groups excluding carboxylic acids is 1. The fourth-order valence-electron chi connectivity index (χ4n) is 2.91. The highest BCUT2D eigenvalue weighted by atomic mass is 32.2. The van der Waals surface area contributed by atoms with Gasteiger partial charge >= 0.3 is 0 Å². The first-order valence-electron chi connectivity index (χ1n) is 8.73. The number of allylic oxidation sites excluding steroid dienone is 3. The number of hydrogen-bond acceptors (Lipinski definition) is 6. The zero-order valence-electron chi connectivity index (χ0n) is 15.5. The first-order chi connectivity index (χ1) is 11.8. The molecule has 0 saturated heterocycles. The average molecular weight is 371 g/mol. The summed E-state index contributed by atoms with van der Waals surface area (Å²) in [6, 6.07) is 0. The molecule has 2 unspecified atom stereocenters. The van der Waals surface area contributed by atoms with Crippen LogP contribution in [0, 0.1) is 5.92 Å². The zero-order chi connectivity index (χ0) is 19.0. The van der Waals surface area contributed by atoms with Crippen LogP contribution in [-0.4, -0.2) is 42.6 Å². The molecule has 1 rings (SSSR count). The molecule has 1 aliphatic carbocycles. The van der Waals surface area contributed by atoms with Gasteiger partial charge in [0.1, 0.15) is 12.4 Å². The summed E-state index contributed by atoms with van der Waals surface area (Å²) >= 11 is 0. The molecule has 0 amide bonds. The maximum Gasteiger partial charge on any atom is 0.168 e. The Balaban J connectivity index is 2.89. The molecule has 2 atom stereocenters. The van der Waals surface area contributed by atoms with E-state index < -0.39 is 15.1 Å². The quantitative estimate of drug-likeness (QED) is 0.290. The number of aliphatic hydroxyl groups excluding tert-OH is 1. The molecule has 0 spiro atoms. The molecule has 0 aliphatic heterocycles. The largest absolute Gasteiger partial charge is 0.511 e. The third-order valence-corrected chi connectivity index (χ3v) is 6.63. The summed E-state index contributed by atoms with van der Waals surface area (Å²) in [6.45, 7) is 7.29. The minimum atomic E-state index is -3.14. The molecule has 142 valence electrons. The standard InChI is InChI=1S/C18H29NO5S/c1-5-8-9-24-19-15(6-2)18-16(20)11-14(12-17(18)21)10-13(4)25(22,23)7-3/h5,8,13-14,20H,6-7,9-12H2,1-4H3/b8-5+,19-15+. The molecule has 0 fully saturated rings. The van der Waals surface area contributed by atoms with E-state index in [-0.39, 0.29) is 35.2 Å². The Morgan fingerprint density at radius 2 is 2.08 bits per heavy atom.